The van der Waals surface area contributed by atoms with Gasteiger partial charge in [-0.1, -0.05) is 0 Å². The summed E-state index contributed by atoms with van der Waals surface area (Å²) < 4.78 is 12.2. The number of esters is 1. The first-order valence-electron chi connectivity index (χ1n) is 7.47. The maximum absolute atomic E-state index is 12.0. The first-order chi connectivity index (χ1) is 10.8. The van der Waals surface area contributed by atoms with Crippen LogP contribution in [0.15, 0.2) is 12.1 Å². The third-order valence-electron chi connectivity index (χ3n) is 3.62. The number of halogens is 1. The Morgan fingerprint density at radius 1 is 1.48 bits per heavy atom. The highest BCUT2D eigenvalue weighted by atomic mass is 127. The van der Waals surface area contributed by atoms with Crippen LogP contribution in [0, 0.1) is 10.5 Å². The molecular weight excluding hydrogens is 425 g/mol. The van der Waals surface area contributed by atoms with Crippen molar-refractivity contribution in [2.45, 2.75) is 39.7 Å². The van der Waals surface area contributed by atoms with Crippen LogP contribution in [-0.2, 0) is 11.2 Å². The van der Waals surface area contributed by atoms with Crippen molar-refractivity contribution in [3.05, 3.63) is 31.8 Å². The molecule has 0 aliphatic carbocycles. The van der Waals surface area contributed by atoms with E-state index < -0.39 is 0 Å². The molecule has 1 aliphatic rings. The number of ether oxygens (including phenoxy) is 2. The van der Waals surface area contributed by atoms with Gasteiger partial charge in [0, 0.05) is 12.0 Å². The Morgan fingerprint density at radius 3 is 2.91 bits per heavy atom. The molecule has 0 amide bonds. The average Bonchev–Trinajstić information content (AvgIpc) is 2.98. The zero-order valence-corrected chi connectivity index (χ0v) is 16.5. The maximum atomic E-state index is 12.0. The predicted octanol–water partition coefficient (Wildman–Crippen LogP) is 4.61. The highest BCUT2D eigenvalue weighted by Crippen LogP contribution is 2.41. The normalized spacial score (nSPS) is 15.2. The van der Waals surface area contributed by atoms with Crippen molar-refractivity contribution in [2.75, 3.05) is 6.61 Å². The largest absolute Gasteiger partial charge is 0.486 e. The number of thiazole rings is 1. The summed E-state index contributed by atoms with van der Waals surface area (Å²) in [5, 5.41) is 0.843. The minimum absolute atomic E-state index is 0.171. The van der Waals surface area contributed by atoms with Crippen molar-refractivity contribution in [3.8, 4) is 16.3 Å². The second-order valence-electron chi connectivity index (χ2n) is 6.14. The fourth-order valence-corrected chi connectivity index (χ4v) is 4.44. The topological polar surface area (TPSA) is 48.4 Å². The van der Waals surface area contributed by atoms with Crippen LogP contribution < -0.4 is 4.74 Å². The summed E-state index contributed by atoms with van der Waals surface area (Å²) >= 11 is 3.68. The molecule has 0 radical (unpaired) electrons. The van der Waals surface area contributed by atoms with Crippen molar-refractivity contribution < 1.29 is 14.3 Å². The lowest BCUT2D eigenvalue weighted by Crippen LogP contribution is -2.24. The van der Waals surface area contributed by atoms with E-state index in [0.717, 1.165) is 32.0 Å². The summed E-state index contributed by atoms with van der Waals surface area (Å²) in [7, 11) is 0. The van der Waals surface area contributed by atoms with E-state index >= 15 is 0 Å². The Bertz CT molecular complexity index is 782. The second-order valence-corrected chi connectivity index (χ2v) is 8.30. The number of aryl methyl sites for hydroxylation is 1. The van der Waals surface area contributed by atoms with E-state index in [4.69, 9.17) is 9.47 Å². The van der Waals surface area contributed by atoms with Crippen molar-refractivity contribution in [3.63, 3.8) is 0 Å². The van der Waals surface area contributed by atoms with Crippen LogP contribution in [0.25, 0.3) is 10.6 Å². The molecule has 122 valence electrons. The number of hydrogen-bond acceptors (Lipinski definition) is 5. The molecule has 1 aromatic carbocycles. The highest BCUT2D eigenvalue weighted by Gasteiger charge is 2.32. The molecule has 1 aromatic heterocycles. The lowest BCUT2D eigenvalue weighted by molar-refractivity contribution is 0.0531. The molecule has 2 heterocycles. The van der Waals surface area contributed by atoms with Crippen LogP contribution in [0.4, 0.5) is 0 Å². The monoisotopic (exact) mass is 443 g/mol. The van der Waals surface area contributed by atoms with E-state index in [1.807, 2.05) is 6.92 Å². The first kappa shape index (κ1) is 16.7. The fourth-order valence-electron chi connectivity index (χ4n) is 2.70. The van der Waals surface area contributed by atoms with Crippen molar-refractivity contribution >= 4 is 39.9 Å². The number of aromatic nitrogens is 1. The van der Waals surface area contributed by atoms with Gasteiger partial charge in [0.1, 0.15) is 21.2 Å². The van der Waals surface area contributed by atoms with Crippen LogP contribution >= 0.6 is 33.9 Å². The van der Waals surface area contributed by atoms with E-state index in [9.17, 15) is 4.79 Å². The predicted molar refractivity (Wildman–Crippen MR) is 99.4 cm³/mol. The van der Waals surface area contributed by atoms with E-state index in [0.29, 0.717) is 11.5 Å². The summed E-state index contributed by atoms with van der Waals surface area (Å²) in [4.78, 5) is 17.1. The molecule has 6 heteroatoms. The van der Waals surface area contributed by atoms with Gasteiger partial charge in [-0.15, -0.1) is 11.3 Å². The van der Waals surface area contributed by atoms with Crippen LogP contribution in [0.1, 0.15) is 41.7 Å². The minimum Gasteiger partial charge on any atom is -0.486 e. The molecule has 0 bridgehead atoms. The number of hydrogen-bond donors (Lipinski definition) is 0. The number of rotatable bonds is 3. The van der Waals surface area contributed by atoms with Gasteiger partial charge >= 0.3 is 5.97 Å². The van der Waals surface area contributed by atoms with Crippen LogP contribution in [0.3, 0.4) is 0 Å². The number of fused-ring (bicyclic) bond motifs is 1. The molecule has 0 N–H and O–H groups in total. The Balaban J connectivity index is 2.00. The van der Waals surface area contributed by atoms with Gasteiger partial charge in [0.05, 0.1) is 15.9 Å². The summed E-state index contributed by atoms with van der Waals surface area (Å²) in [6.45, 7) is 8.20. The molecule has 0 saturated heterocycles. The van der Waals surface area contributed by atoms with Crippen LogP contribution in [-0.4, -0.2) is 23.2 Å². The van der Waals surface area contributed by atoms with Crippen molar-refractivity contribution in [1.29, 1.82) is 0 Å². The molecule has 0 spiro atoms. The summed E-state index contributed by atoms with van der Waals surface area (Å²) in [5.41, 5.74) is 2.77. The minimum atomic E-state index is -0.297. The Labute approximate surface area is 153 Å². The van der Waals surface area contributed by atoms with Crippen LogP contribution in [0.5, 0.6) is 5.75 Å². The van der Waals surface area contributed by atoms with E-state index in [1.54, 1.807) is 6.92 Å². The third kappa shape index (κ3) is 3.24. The molecule has 4 nitrogen and oxygen atoms in total. The molecular formula is C17H18INO3S. The standard InChI is InChI=1S/C17H18INO3S/c1-5-21-16(20)14-9(2)19-15(23-14)10-6-11-8-17(3,4)22-13(11)12(18)7-10/h6-7H,5,8H2,1-4H3. The molecule has 2 aromatic rings. The lowest BCUT2D eigenvalue weighted by Gasteiger charge is -2.17. The molecule has 0 saturated carbocycles. The average molecular weight is 443 g/mol. The molecule has 0 fully saturated rings. The number of benzene rings is 1. The maximum Gasteiger partial charge on any atom is 0.350 e. The van der Waals surface area contributed by atoms with Gasteiger partial charge < -0.3 is 9.47 Å². The van der Waals surface area contributed by atoms with Gasteiger partial charge in [0.15, 0.2) is 0 Å². The SMILES string of the molecule is CCOC(=O)c1sc(-c2cc(I)c3c(c2)CC(C)(C)O3)nc1C. The van der Waals surface area contributed by atoms with E-state index in [-0.39, 0.29) is 11.6 Å². The summed E-state index contributed by atoms with van der Waals surface area (Å²) in [6, 6.07) is 4.19. The molecule has 3 rings (SSSR count). The Morgan fingerprint density at radius 2 is 2.22 bits per heavy atom. The zero-order chi connectivity index (χ0) is 16.8. The van der Waals surface area contributed by atoms with E-state index in [1.165, 1.54) is 16.9 Å². The highest BCUT2D eigenvalue weighted by molar-refractivity contribution is 14.1. The fraction of sp³-hybridized carbons (Fsp3) is 0.412. The number of carbonyl (C=O) groups is 1. The molecule has 0 unspecified atom stereocenters. The smallest absolute Gasteiger partial charge is 0.350 e. The summed E-state index contributed by atoms with van der Waals surface area (Å²) in [6.07, 6.45) is 0.876. The molecule has 23 heavy (non-hydrogen) atoms. The zero-order valence-electron chi connectivity index (χ0n) is 13.5. The van der Waals surface area contributed by atoms with Crippen molar-refractivity contribution in [1.82, 2.24) is 4.98 Å². The van der Waals surface area contributed by atoms with Gasteiger partial charge in [-0.3, -0.25) is 0 Å². The number of nitrogens with zero attached hydrogens (tertiary/aromatic N) is 1. The van der Waals surface area contributed by atoms with Gasteiger partial charge in [-0.25, -0.2) is 9.78 Å². The van der Waals surface area contributed by atoms with Crippen molar-refractivity contribution in [2.24, 2.45) is 0 Å². The third-order valence-corrected chi connectivity index (χ3v) is 5.61. The second kappa shape index (κ2) is 6.05. The Hall–Kier alpha value is -1.15. The van der Waals surface area contributed by atoms with Gasteiger partial charge in [0.2, 0.25) is 0 Å². The first-order valence-corrected chi connectivity index (χ1v) is 9.36. The van der Waals surface area contributed by atoms with Gasteiger partial charge in [-0.2, -0.15) is 0 Å². The van der Waals surface area contributed by atoms with Gasteiger partial charge in [-0.05, 0) is 68.0 Å². The van der Waals surface area contributed by atoms with E-state index in [2.05, 4.69) is 53.6 Å². The Kier molecular flexibility index (Phi) is 4.39. The lowest BCUT2D eigenvalue weighted by atomic mass is 10.0. The van der Waals surface area contributed by atoms with Gasteiger partial charge in [0.25, 0.3) is 0 Å². The number of carbonyl (C=O) groups excluding carboxylic acids is 1. The van der Waals surface area contributed by atoms with Crippen LogP contribution in [0.2, 0.25) is 0 Å². The molecule has 1 aliphatic heterocycles. The summed E-state index contributed by atoms with van der Waals surface area (Å²) in [5.74, 6) is 0.673. The molecule has 0 atom stereocenters. The quantitative estimate of drug-likeness (QED) is 0.514.